The standard InChI is InChI=1S/C22H22N2O3S/c1-14-10-11-18(12-15(14)2)16(3)23-21(25)13-24-19-8-4-6-17-7-5-9-20(22(17)19)28(24,26)27/h4-12,16H,13H2,1-3H3,(H,23,25)/t16-/m0/s1. The summed E-state index contributed by atoms with van der Waals surface area (Å²) in [5, 5.41) is 4.45. The molecule has 1 heterocycles. The average molecular weight is 394 g/mol. The van der Waals surface area contributed by atoms with Crippen LogP contribution in [0, 0.1) is 13.8 Å². The first-order chi connectivity index (χ1) is 13.3. The lowest BCUT2D eigenvalue weighted by molar-refractivity contribution is -0.120. The highest BCUT2D eigenvalue weighted by molar-refractivity contribution is 7.93. The zero-order valence-corrected chi connectivity index (χ0v) is 16.9. The van der Waals surface area contributed by atoms with Crippen LogP contribution >= 0.6 is 0 Å². The van der Waals surface area contributed by atoms with E-state index in [1.54, 1.807) is 18.2 Å². The highest BCUT2D eigenvalue weighted by atomic mass is 32.2. The minimum Gasteiger partial charge on any atom is -0.348 e. The van der Waals surface area contributed by atoms with Crippen LogP contribution in [0.1, 0.15) is 29.7 Å². The zero-order valence-electron chi connectivity index (χ0n) is 16.1. The molecule has 1 aliphatic heterocycles. The van der Waals surface area contributed by atoms with E-state index < -0.39 is 10.0 Å². The van der Waals surface area contributed by atoms with Gasteiger partial charge in [0.15, 0.2) is 0 Å². The first kappa shape index (κ1) is 18.5. The molecule has 1 atom stereocenters. The van der Waals surface area contributed by atoms with E-state index in [0.29, 0.717) is 11.1 Å². The highest BCUT2D eigenvalue weighted by Gasteiger charge is 2.36. The molecule has 0 saturated carbocycles. The van der Waals surface area contributed by atoms with Crippen molar-refractivity contribution < 1.29 is 13.2 Å². The molecule has 144 valence electrons. The Morgan fingerprint density at radius 2 is 1.75 bits per heavy atom. The number of nitrogens with one attached hydrogen (secondary N) is 1. The van der Waals surface area contributed by atoms with Gasteiger partial charge in [-0.25, -0.2) is 8.42 Å². The van der Waals surface area contributed by atoms with Gasteiger partial charge in [0.25, 0.3) is 10.0 Å². The minimum atomic E-state index is -3.73. The van der Waals surface area contributed by atoms with Crippen LogP contribution in [0.15, 0.2) is 59.5 Å². The molecule has 5 nitrogen and oxygen atoms in total. The molecular formula is C22H22N2O3S. The minimum absolute atomic E-state index is 0.213. The molecule has 1 amide bonds. The predicted molar refractivity (Wildman–Crippen MR) is 111 cm³/mol. The Hall–Kier alpha value is -2.86. The Kier molecular flexibility index (Phi) is 4.38. The Balaban J connectivity index is 1.58. The van der Waals surface area contributed by atoms with Gasteiger partial charge in [-0.1, -0.05) is 42.5 Å². The van der Waals surface area contributed by atoms with Crippen LogP contribution < -0.4 is 9.62 Å². The van der Waals surface area contributed by atoms with E-state index in [9.17, 15) is 13.2 Å². The van der Waals surface area contributed by atoms with Crippen molar-refractivity contribution in [3.63, 3.8) is 0 Å². The Bertz CT molecular complexity index is 1200. The lowest BCUT2D eigenvalue weighted by Crippen LogP contribution is -2.39. The molecule has 0 aromatic heterocycles. The van der Waals surface area contributed by atoms with Gasteiger partial charge in [-0.3, -0.25) is 9.10 Å². The number of carbonyl (C=O) groups is 1. The molecule has 0 bridgehead atoms. The van der Waals surface area contributed by atoms with Crippen molar-refractivity contribution in [3.05, 3.63) is 71.3 Å². The summed E-state index contributed by atoms with van der Waals surface area (Å²) in [6.45, 7) is 5.72. The van der Waals surface area contributed by atoms with Crippen molar-refractivity contribution in [2.24, 2.45) is 0 Å². The predicted octanol–water partition coefficient (Wildman–Crippen LogP) is 3.84. The van der Waals surface area contributed by atoms with Crippen LogP contribution in [0.2, 0.25) is 0 Å². The number of hydrogen-bond acceptors (Lipinski definition) is 3. The summed E-state index contributed by atoms with van der Waals surface area (Å²) in [6.07, 6.45) is 0. The lowest BCUT2D eigenvalue weighted by Gasteiger charge is -2.21. The second-order valence-corrected chi connectivity index (χ2v) is 9.11. The van der Waals surface area contributed by atoms with Crippen LogP contribution in [0.5, 0.6) is 0 Å². The number of aryl methyl sites for hydroxylation is 2. The van der Waals surface area contributed by atoms with E-state index in [1.807, 2.05) is 57.2 Å². The van der Waals surface area contributed by atoms with Crippen LogP contribution in [-0.2, 0) is 14.8 Å². The van der Waals surface area contributed by atoms with Gasteiger partial charge in [-0.05, 0) is 55.0 Å². The second-order valence-electron chi connectivity index (χ2n) is 7.28. The molecular weight excluding hydrogens is 372 g/mol. The number of sulfonamides is 1. The third kappa shape index (κ3) is 2.94. The van der Waals surface area contributed by atoms with E-state index in [4.69, 9.17) is 0 Å². The van der Waals surface area contributed by atoms with Crippen LogP contribution in [-0.4, -0.2) is 20.9 Å². The molecule has 3 aromatic carbocycles. The van der Waals surface area contributed by atoms with Gasteiger partial charge < -0.3 is 5.32 Å². The van der Waals surface area contributed by atoms with Gasteiger partial charge in [0, 0.05) is 5.39 Å². The molecule has 6 heteroatoms. The first-order valence-electron chi connectivity index (χ1n) is 9.20. The van der Waals surface area contributed by atoms with Crippen LogP contribution in [0.3, 0.4) is 0 Å². The molecule has 0 fully saturated rings. The smallest absolute Gasteiger partial charge is 0.265 e. The van der Waals surface area contributed by atoms with Gasteiger partial charge in [0.1, 0.15) is 6.54 Å². The SMILES string of the molecule is Cc1ccc([C@H](C)NC(=O)CN2c3cccc4cccc(c34)S2(=O)=O)cc1C. The Morgan fingerprint density at radius 3 is 2.46 bits per heavy atom. The van der Waals surface area contributed by atoms with Crippen molar-refractivity contribution in [2.75, 3.05) is 10.8 Å². The molecule has 3 aromatic rings. The van der Waals surface area contributed by atoms with E-state index in [2.05, 4.69) is 5.32 Å². The number of benzene rings is 3. The van der Waals surface area contributed by atoms with E-state index in [-0.39, 0.29) is 23.4 Å². The lowest BCUT2D eigenvalue weighted by atomic mass is 10.0. The maximum absolute atomic E-state index is 13.0. The monoisotopic (exact) mass is 394 g/mol. The molecule has 4 rings (SSSR count). The first-order valence-corrected chi connectivity index (χ1v) is 10.6. The van der Waals surface area contributed by atoms with Gasteiger partial charge in [-0.15, -0.1) is 0 Å². The molecule has 0 radical (unpaired) electrons. The number of rotatable bonds is 4. The van der Waals surface area contributed by atoms with E-state index in [0.717, 1.165) is 16.5 Å². The summed E-state index contributed by atoms with van der Waals surface area (Å²) in [6, 6.07) is 16.5. The summed E-state index contributed by atoms with van der Waals surface area (Å²) in [5.41, 5.74) is 3.90. The van der Waals surface area contributed by atoms with Crippen LogP contribution in [0.25, 0.3) is 10.8 Å². The molecule has 0 aliphatic carbocycles. The quantitative estimate of drug-likeness (QED) is 0.731. The van der Waals surface area contributed by atoms with Gasteiger partial charge in [0.05, 0.1) is 16.6 Å². The molecule has 0 unspecified atom stereocenters. The number of carbonyl (C=O) groups excluding carboxylic acids is 1. The number of nitrogens with zero attached hydrogens (tertiary/aromatic N) is 1. The van der Waals surface area contributed by atoms with Crippen molar-refractivity contribution in [1.82, 2.24) is 5.32 Å². The summed E-state index contributed by atoms with van der Waals surface area (Å²) in [5.74, 6) is -0.334. The van der Waals surface area contributed by atoms with Gasteiger partial charge in [0.2, 0.25) is 5.91 Å². The Labute approximate surface area is 165 Å². The number of anilines is 1. The number of amides is 1. The topological polar surface area (TPSA) is 66.5 Å². The molecule has 0 saturated heterocycles. The van der Waals surface area contributed by atoms with Crippen LogP contribution in [0.4, 0.5) is 5.69 Å². The third-order valence-corrected chi connectivity index (χ3v) is 7.18. The normalized spacial score (nSPS) is 15.6. The van der Waals surface area contributed by atoms with Crippen molar-refractivity contribution in [2.45, 2.75) is 31.7 Å². The average Bonchev–Trinajstić information content (AvgIpc) is 2.87. The fourth-order valence-electron chi connectivity index (χ4n) is 3.66. The largest absolute Gasteiger partial charge is 0.348 e. The summed E-state index contributed by atoms with van der Waals surface area (Å²) < 4.78 is 27.2. The molecule has 28 heavy (non-hydrogen) atoms. The summed E-state index contributed by atoms with van der Waals surface area (Å²) >= 11 is 0. The second kappa shape index (κ2) is 6.63. The molecule has 1 N–H and O–H groups in total. The van der Waals surface area contributed by atoms with E-state index in [1.165, 1.54) is 9.87 Å². The van der Waals surface area contributed by atoms with Gasteiger partial charge >= 0.3 is 0 Å². The van der Waals surface area contributed by atoms with Crippen molar-refractivity contribution in [1.29, 1.82) is 0 Å². The Morgan fingerprint density at radius 1 is 1.04 bits per heavy atom. The highest BCUT2D eigenvalue weighted by Crippen LogP contribution is 2.41. The number of hydrogen-bond donors (Lipinski definition) is 1. The maximum Gasteiger partial charge on any atom is 0.265 e. The van der Waals surface area contributed by atoms with Crippen molar-refractivity contribution in [3.8, 4) is 0 Å². The maximum atomic E-state index is 13.0. The van der Waals surface area contributed by atoms with E-state index >= 15 is 0 Å². The fourth-order valence-corrected chi connectivity index (χ4v) is 5.33. The van der Waals surface area contributed by atoms with Crippen molar-refractivity contribution >= 4 is 32.4 Å². The van der Waals surface area contributed by atoms with Gasteiger partial charge in [-0.2, -0.15) is 0 Å². The summed E-state index contributed by atoms with van der Waals surface area (Å²) in [4.78, 5) is 12.9. The molecule has 0 spiro atoms. The zero-order chi connectivity index (χ0) is 20.1. The fraction of sp³-hybridized carbons (Fsp3) is 0.227. The third-order valence-electron chi connectivity index (χ3n) is 5.38. The molecule has 1 aliphatic rings. The summed E-state index contributed by atoms with van der Waals surface area (Å²) in [7, 11) is -3.73.